The summed E-state index contributed by atoms with van der Waals surface area (Å²) >= 11 is 0. The first-order valence-corrected chi connectivity index (χ1v) is 12.1. The summed E-state index contributed by atoms with van der Waals surface area (Å²) in [5, 5.41) is 5.43. The van der Waals surface area contributed by atoms with Crippen LogP contribution < -0.4 is 10.6 Å². The lowest BCUT2D eigenvalue weighted by Gasteiger charge is -2.26. The number of hydrogen-bond donors (Lipinski definition) is 2. The van der Waals surface area contributed by atoms with E-state index in [4.69, 9.17) is 4.74 Å². The molecule has 4 rings (SSSR count). The van der Waals surface area contributed by atoms with Gasteiger partial charge in [-0.1, -0.05) is 60.7 Å². The SMILES string of the molecule is O=C(NC[C@H]1CCCO1)C(=O)C(Cc1ccccc1)NC(=O)C1CCC(=O)N1Cc1ccccc1. The van der Waals surface area contributed by atoms with Crippen LogP contribution in [0.5, 0.6) is 0 Å². The Morgan fingerprint density at radius 2 is 1.66 bits per heavy atom. The molecule has 2 aromatic carbocycles. The molecule has 0 aliphatic carbocycles. The fourth-order valence-corrected chi connectivity index (χ4v) is 4.57. The topological polar surface area (TPSA) is 105 Å². The van der Waals surface area contributed by atoms with E-state index in [9.17, 15) is 19.2 Å². The zero-order valence-corrected chi connectivity index (χ0v) is 19.7. The Balaban J connectivity index is 1.45. The number of nitrogens with one attached hydrogen (secondary N) is 2. The van der Waals surface area contributed by atoms with Crippen molar-refractivity contribution in [3.05, 3.63) is 71.8 Å². The number of hydrogen-bond acceptors (Lipinski definition) is 5. The monoisotopic (exact) mass is 477 g/mol. The molecular weight excluding hydrogens is 446 g/mol. The summed E-state index contributed by atoms with van der Waals surface area (Å²) in [5.74, 6) is -1.98. The van der Waals surface area contributed by atoms with E-state index in [0.717, 1.165) is 24.0 Å². The van der Waals surface area contributed by atoms with Crippen LogP contribution in [0.2, 0.25) is 0 Å². The van der Waals surface area contributed by atoms with Crippen molar-refractivity contribution in [2.75, 3.05) is 13.2 Å². The van der Waals surface area contributed by atoms with Crippen molar-refractivity contribution in [2.24, 2.45) is 0 Å². The second kappa shape index (κ2) is 11.8. The summed E-state index contributed by atoms with van der Waals surface area (Å²) in [6.45, 7) is 1.23. The molecule has 2 aliphatic rings. The maximum Gasteiger partial charge on any atom is 0.289 e. The molecule has 3 atom stereocenters. The normalized spacial score (nSPS) is 20.5. The molecular formula is C27H31N3O5. The quantitative estimate of drug-likeness (QED) is 0.508. The van der Waals surface area contributed by atoms with Crippen molar-refractivity contribution in [2.45, 2.75) is 56.8 Å². The van der Waals surface area contributed by atoms with Gasteiger partial charge in [-0.05, 0) is 30.4 Å². The van der Waals surface area contributed by atoms with Crippen molar-refractivity contribution >= 4 is 23.5 Å². The number of nitrogens with zero attached hydrogens (tertiary/aromatic N) is 1. The van der Waals surface area contributed by atoms with Crippen molar-refractivity contribution in [1.82, 2.24) is 15.5 Å². The van der Waals surface area contributed by atoms with E-state index in [-0.39, 0.29) is 31.4 Å². The molecule has 0 radical (unpaired) electrons. The highest BCUT2D eigenvalue weighted by molar-refractivity contribution is 6.38. The Morgan fingerprint density at radius 3 is 2.31 bits per heavy atom. The highest BCUT2D eigenvalue weighted by Gasteiger charge is 2.38. The summed E-state index contributed by atoms with van der Waals surface area (Å²) in [5.41, 5.74) is 1.74. The van der Waals surface area contributed by atoms with Gasteiger partial charge >= 0.3 is 0 Å². The zero-order valence-electron chi connectivity index (χ0n) is 19.7. The minimum atomic E-state index is -1.04. The Hall–Kier alpha value is -3.52. The van der Waals surface area contributed by atoms with Gasteiger partial charge in [0.25, 0.3) is 5.91 Å². The lowest BCUT2D eigenvalue weighted by Crippen LogP contribution is -2.54. The number of ketones is 1. The molecule has 2 heterocycles. The standard InChI is InChI=1S/C27H31N3O5/c31-24-14-13-23(30(24)18-20-10-5-2-6-11-20)26(33)29-22(16-19-8-3-1-4-9-19)25(32)27(34)28-17-21-12-7-15-35-21/h1-6,8-11,21-23H,7,12-18H2,(H,28,34)(H,29,33)/t21-,22?,23?/m1/s1. The van der Waals surface area contributed by atoms with Gasteiger partial charge in [0.05, 0.1) is 6.10 Å². The van der Waals surface area contributed by atoms with Gasteiger partial charge in [0.2, 0.25) is 17.6 Å². The zero-order chi connectivity index (χ0) is 24.6. The molecule has 2 fully saturated rings. The summed E-state index contributed by atoms with van der Waals surface area (Å²) in [7, 11) is 0. The molecule has 2 N–H and O–H groups in total. The van der Waals surface area contributed by atoms with Crippen LogP contribution in [-0.2, 0) is 36.9 Å². The smallest absolute Gasteiger partial charge is 0.289 e. The average Bonchev–Trinajstić information content (AvgIpc) is 3.53. The highest BCUT2D eigenvalue weighted by atomic mass is 16.5. The van der Waals surface area contributed by atoms with Crippen LogP contribution in [0.25, 0.3) is 0 Å². The molecule has 8 heteroatoms. The molecule has 184 valence electrons. The first kappa shape index (κ1) is 24.6. The predicted molar refractivity (Wildman–Crippen MR) is 129 cm³/mol. The molecule has 0 bridgehead atoms. The second-order valence-corrected chi connectivity index (χ2v) is 9.02. The third-order valence-corrected chi connectivity index (χ3v) is 6.48. The van der Waals surface area contributed by atoms with E-state index in [1.807, 2.05) is 60.7 Å². The van der Waals surface area contributed by atoms with Crippen molar-refractivity contribution in [3.63, 3.8) is 0 Å². The lowest BCUT2D eigenvalue weighted by atomic mass is 10.0. The molecule has 2 aliphatic heterocycles. The van der Waals surface area contributed by atoms with Gasteiger partial charge < -0.3 is 20.3 Å². The number of ether oxygens (including phenoxy) is 1. The highest BCUT2D eigenvalue weighted by Crippen LogP contribution is 2.22. The molecule has 35 heavy (non-hydrogen) atoms. The second-order valence-electron chi connectivity index (χ2n) is 9.02. The summed E-state index contributed by atoms with van der Waals surface area (Å²) in [6, 6.07) is 17.0. The first-order chi connectivity index (χ1) is 17.0. The molecule has 0 saturated carbocycles. The fraction of sp³-hybridized carbons (Fsp3) is 0.407. The van der Waals surface area contributed by atoms with E-state index < -0.39 is 29.7 Å². The molecule has 3 amide bonds. The van der Waals surface area contributed by atoms with Gasteiger partial charge in [-0.3, -0.25) is 19.2 Å². The molecule has 2 unspecified atom stereocenters. The van der Waals surface area contributed by atoms with Crippen LogP contribution in [0.3, 0.4) is 0 Å². The fourth-order valence-electron chi connectivity index (χ4n) is 4.57. The van der Waals surface area contributed by atoms with E-state index in [1.165, 1.54) is 0 Å². The van der Waals surface area contributed by atoms with Gasteiger partial charge in [0, 0.05) is 32.5 Å². The van der Waals surface area contributed by atoms with Crippen LogP contribution in [0.15, 0.2) is 60.7 Å². The molecule has 0 spiro atoms. The largest absolute Gasteiger partial charge is 0.376 e. The van der Waals surface area contributed by atoms with Gasteiger partial charge in [-0.2, -0.15) is 0 Å². The van der Waals surface area contributed by atoms with E-state index in [1.54, 1.807) is 4.90 Å². The van der Waals surface area contributed by atoms with Gasteiger partial charge in [0.15, 0.2) is 0 Å². The van der Waals surface area contributed by atoms with Crippen molar-refractivity contribution in [3.8, 4) is 0 Å². The van der Waals surface area contributed by atoms with E-state index in [2.05, 4.69) is 10.6 Å². The number of amides is 3. The van der Waals surface area contributed by atoms with Crippen molar-refractivity contribution < 1.29 is 23.9 Å². The number of Topliss-reactive ketones (excluding diaryl/α,β-unsaturated/α-hetero) is 1. The Bertz CT molecular complexity index is 1040. The third-order valence-electron chi connectivity index (χ3n) is 6.48. The maximum atomic E-state index is 13.3. The number of carbonyl (C=O) groups excluding carboxylic acids is 4. The number of likely N-dealkylation sites (tertiary alicyclic amines) is 1. The first-order valence-electron chi connectivity index (χ1n) is 12.1. The Kier molecular flexibility index (Phi) is 8.26. The van der Waals surface area contributed by atoms with E-state index >= 15 is 0 Å². The Labute approximate surface area is 205 Å². The summed E-state index contributed by atoms with van der Waals surface area (Å²) < 4.78 is 5.51. The van der Waals surface area contributed by atoms with Gasteiger partial charge in [-0.15, -0.1) is 0 Å². The summed E-state index contributed by atoms with van der Waals surface area (Å²) in [6.07, 6.45) is 2.49. The summed E-state index contributed by atoms with van der Waals surface area (Å²) in [4.78, 5) is 53.1. The number of carbonyl (C=O) groups is 4. The van der Waals surface area contributed by atoms with E-state index in [0.29, 0.717) is 19.6 Å². The predicted octanol–water partition coefficient (Wildman–Crippen LogP) is 1.77. The average molecular weight is 478 g/mol. The number of rotatable bonds is 10. The maximum absolute atomic E-state index is 13.3. The molecule has 0 aromatic heterocycles. The third kappa shape index (κ3) is 6.54. The molecule has 8 nitrogen and oxygen atoms in total. The van der Waals surface area contributed by atoms with Crippen LogP contribution >= 0.6 is 0 Å². The van der Waals surface area contributed by atoms with Crippen molar-refractivity contribution in [1.29, 1.82) is 0 Å². The minimum absolute atomic E-state index is 0.0926. The van der Waals surface area contributed by atoms with Crippen LogP contribution in [0, 0.1) is 0 Å². The molecule has 2 aromatic rings. The van der Waals surface area contributed by atoms with Gasteiger partial charge in [0.1, 0.15) is 12.1 Å². The van der Waals surface area contributed by atoms with Crippen LogP contribution in [0.1, 0.15) is 36.8 Å². The van der Waals surface area contributed by atoms with Crippen LogP contribution in [0.4, 0.5) is 0 Å². The lowest BCUT2D eigenvalue weighted by molar-refractivity contribution is -0.141. The Morgan fingerprint density at radius 1 is 0.971 bits per heavy atom. The molecule has 2 saturated heterocycles. The van der Waals surface area contributed by atoms with Crippen LogP contribution in [-0.4, -0.2) is 59.7 Å². The van der Waals surface area contributed by atoms with Gasteiger partial charge in [-0.25, -0.2) is 0 Å². The minimum Gasteiger partial charge on any atom is -0.376 e. The number of benzene rings is 2.